The number of hydrogen-bond acceptors (Lipinski definition) is 6. The number of rotatable bonds is 7. The minimum absolute atomic E-state index is 0.0676. The highest BCUT2D eigenvalue weighted by molar-refractivity contribution is 6.08. The van der Waals surface area contributed by atoms with E-state index >= 15 is 0 Å². The van der Waals surface area contributed by atoms with Crippen molar-refractivity contribution < 1.29 is 29.3 Å². The average Bonchev–Trinajstić information content (AvgIpc) is 2.46. The summed E-state index contributed by atoms with van der Waals surface area (Å²) in [4.78, 5) is 35.5. The number of benzene rings is 1. The maximum absolute atomic E-state index is 12.1. The van der Waals surface area contributed by atoms with Crippen molar-refractivity contribution in [2.75, 3.05) is 6.61 Å². The van der Waals surface area contributed by atoms with E-state index in [-0.39, 0.29) is 42.6 Å². The molecule has 0 saturated carbocycles. The number of Topliss-reactive ketones (excluding diaryl/α,β-unsaturated/α-hetero) is 2. The van der Waals surface area contributed by atoms with E-state index in [1.807, 2.05) is 0 Å². The van der Waals surface area contributed by atoms with Crippen LogP contribution in [-0.2, 0) is 16.0 Å². The van der Waals surface area contributed by atoms with E-state index in [1.165, 1.54) is 6.07 Å². The molecule has 0 spiro atoms. The van der Waals surface area contributed by atoms with Gasteiger partial charge >= 0.3 is 5.97 Å². The van der Waals surface area contributed by atoms with Crippen molar-refractivity contribution in [2.24, 2.45) is 0 Å². The zero-order valence-electron chi connectivity index (χ0n) is 12.9. The van der Waals surface area contributed by atoms with Crippen LogP contribution in [0.2, 0.25) is 0 Å². The predicted molar refractivity (Wildman–Crippen MR) is 79.4 cm³/mol. The minimum Gasteiger partial charge on any atom is -0.507 e. The average molecular weight is 308 g/mol. The van der Waals surface area contributed by atoms with Crippen molar-refractivity contribution in [3.05, 3.63) is 22.8 Å². The van der Waals surface area contributed by atoms with E-state index in [4.69, 9.17) is 4.74 Å². The molecule has 0 unspecified atom stereocenters. The van der Waals surface area contributed by atoms with Crippen LogP contribution in [0.4, 0.5) is 0 Å². The fourth-order valence-corrected chi connectivity index (χ4v) is 2.15. The third-order valence-corrected chi connectivity index (χ3v) is 3.20. The van der Waals surface area contributed by atoms with E-state index in [0.717, 1.165) is 0 Å². The summed E-state index contributed by atoms with van der Waals surface area (Å²) in [5.74, 6) is -2.50. The first-order valence-corrected chi connectivity index (χ1v) is 7.17. The van der Waals surface area contributed by atoms with Crippen molar-refractivity contribution in [3.8, 4) is 11.5 Å². The number of phenolic OH excluding ortho intramolecular Hbond substituents is 2. The van der Waals surface area contributed by atoms with Gasteiger partial charge in [0.15, 0.2) is 11.6 Å². The Morgan fingerprint density at radius 1 is 1.00 bits per heavy atom. The summed E-state index contributed by atoms with van der Waals surface area (Å²) in [5.41, 5.74) is -0.245. The van der Waals surface area contributed by atoms with Gasteiger partial charge in [0.25, 0.3) is 0 Å². The summed E-state index contributed by atoms with van der Waals surface area (Å²) in [6.07, 6.45) is -0.108. The normalized spacial score (nSPS) is 10.3. The lowest BCUT2D eigenvalue weighted by Gasteiger charge is -2.14. The molecule has 120 valence electrons. The lowest BCUT2D eigenvalue weighted by Crippen LogP contribution is -2.13. The monoisotopic (exact) mass is 308 g/mol. The van der Waals surface area contributed by atoms with Gasteiger partial charge in [0.1, 0.15) is 17.1 Å². The SMILES string of the molecule is CCOC(=O)Cc1cc(O)c(C(=O)CC)c(O)c1C(=O)CC. The van der Waals surface area contributed by atoms with Crippen molar-refractivity contribution in [2.45, 2.75) is 40.0 Å². The molecular formula is C16H20O6. The summed E-state index contributed by atoms with van der Waals surface area (Å²) < 4.78 is 4.81. The molecule has 1 aromatic rings. The number of phenols is 2. The molecule has 0 saturated heterocycles. The predicted octanol–water partition coefficient (Wildman–Crippen LogP) is 2.39. The first kappa shape index (κ1) is 17.7. The molecule has 0 aliphatic carbocycles. The van der Waals surface area contributed by atoms with Crippen LogP contribution in [-0.4, -0.2) is 34.4 Å². The van der Waals surface area contributed by atoms with Gasteiger partial charge in [-0.2, -0.15) is 0 Å². The maximum atomic E-state index is 12.1. The zero-order chi connectivity index (χ0) is 16.9. The molecule has 2 N–H and O–H groups in total. The summed E-state index contributed by atoms with van der Waals surface area (Å²) in [6, 6.07) is 1.17. The maximum Gasteiger partial charge on any atom is 0.310 e. The number of carbonyl (C=O) groups is 3. The second-order valence-corrected chi connectivity index (χ2v) is 4.69. The lowest BCUT2D eigenvalue weighted by atomic mass is 9.92. The zero-order valence-corrected chi connectivity index (χ0v) is 12.9. The highest BCUT2D eigenvalue weighted by Gasteiger charge is 2.26. The van der Waals surface area contributed by atoms with E-state index in [9.17, 15) is 24.6 Å². The largest absolute Gasteiger partial charge is 0.507 e. The topological polar surface area (TPSA) is 101 Å². The van der Waals surface area contributed by atoms with Crippen LogP contribution in [0.1, 0.15) is 59.9 Å². The second kappa shape index (κ2) is 7.59. The smallest absolute Gasteiger partial charge is 0.310 e. The van der Waals surface area contributed by atoms with Crippen molar-refractivity contribution in [3.63, 3.8) is 0 Å². The van der Waals surface area contributed by atoms with Gasteiger partial charge in [-0.3, -0.25) is 14.4 Å². The fraction of sp³-hybridized carbons (Fsp3) is 0.438. The Labute approximate surface area is 128 Å². The molecule has 0 amide bonds. The third kappa shape index (κ3) is 3.63. The van der Waals surface area contributed by atoms with Gasteiger partial charge in [0.2, 0.25) is 0 Å². The molecular weight excluding hydrogens is 288 g/mol. The van der Waals surface area contributed by atoms with Gasteiger partial charge in [0.05, 0.1) is 18.6 Å². The molecule has 0 heterocycles. The highest BCUT2D eigenvalue weighted by atomic mass is 16.5. The number of hydrogen-bond donors (Lipinski definition) is 2. The molecule has 0 aromatic heterocycles. The van der Waals surface area contributed by atoms with E-state index in [1.54, 1.807) is 20.8 Å². The van der Waals surface area contributed by atoms with Gasteiger partial charge in [-0.15, -0.1) is 0 Å². The summed E-state index contributed by atoms with van der Waals surface area (Å²) in [7, 11) is 0. The van der Waals surface area contributed by atoms with Crippen molar-refractivity contribution >= 4 is 17.5 Å². The van der Waals surface area contributed by atoms with Crippen LogP contribution < -0.4 is 0 Å². The summed E-state index contributed by atoms with van der Waals surface area (Å²) in [6.45, 7) is 5.01. The first-order chi connectivity index (χ1) is 10.4. The Balaban J connectivity index is 3.47. The number of ether oxygens (including phenoxy) is 1. The van der Waals surface area contributed by atoms with Crippen LogP contribution in [0, 0.1) is 0 Å². The van der Waals surface area contributed by atoms with Gasteiger partial charge in [-0.25, -0.2) is 0 Å². The Morgan fingerprint density at radius 2 is 1.55 bits per heavy atom. The van der Waals surface area contributed by atoms with Gasteiger partial charge < -0.3 is 14.9 Å². The molecule has 1 aromatic carbocycles. The first-order valence-electron chi connectivity index (χ1n) is 7.17. The Hall–Kier alpha value is -2.37. The number of aromatic hydroxyl groups is 2. The highest BCUT2D eigenvalue weighted by Crippen LogP contribution is 2.35. The minimum atomic E-state index is -0.582. The molecule has 0 radical (unpaired) electrons. The molecule has 0 fully saturated rings. The van der Waals surface area contributed by atoms with E-state index in [0.29, 0.717) is 0 Å². The molecule has 0 aliphatic rings. The molecule has 6 nitrogen and oxygen atoms in total. The van der Waals surface area contributed by atoms with E-state index < -0.39 is 29.0 Å². The van der Waals surface area contributed by atoms with Crippen LogP contribution in [0.5, 0.6) is 11.5 Å². The molecule has 1 rings (SSSR count). The van der Waals surface area contributed by atoms with Crippen LogP contribution >= 0.6 is 0 Å². The number of esters is 1. The quantitative estimate of drug-likeness (QED) is 0.592. The van der Waals surface area contributed by atoms with E-state index in [2.05, 4.69) is 0 Å². The van der Waals surface area contributed by atoms with Gasteiger partial charge in [0, 0.05) is 12.8 Å². The Bertz CT molecular complexity index is 603. The van der Waals surface area contributed by atoms with Crippen molar-refractivity contribution in [1.82, 2.24) is 0 Å². The molecule has 6 heteroatoms. The van der Waals surface area contributed by atoms with Gasteiger partial charge in [-0.1, -0.05) is 13.8 Å². The molecule has 0 aliphatic heterocycles. The molecule has 0 bridgehead atoms. The molecule has 0 atom stereocenters. The van der Waals surface area contributed by atoms with Gasteiger partial charge in [-0.05, 0) is 18.6 Å². The Kier molecular flexibility index (Phi) is 6.10. The third-order valence-electron chi connectivity index (χ3n) is 3.20. The number of ketones is 2. The summed E-state index contributed by atoms with van der Waals surface area (Å²) >= 11 is 0. The number of carbonyl (C=O) groups excluding carboxylic acids is 3. The Morgan fingerprint density at radius 3 is 2.05 bits per heavy atom. The summed E-state index contributed by atoms with van der Waals surface area (Å²) in [5, 5.41) is 20.2. The fourth-order valence-electron chi connectivity index (χ4n) is 2.15. The lowest BCUT2D eigenvalue weighted by molar-refractivity contribution is -0.142. The molecule has 22 heavy (non-hydrogen) atoms. The van der Waals surface area contributed by atoms with Crippen LogP contribution in [0.15, 0.2) is 6.07 Å². The second-order valence-electron chi connectivity index (χ2n) is 4.69. The van der Waals surface area contributed by atoms with Crippen LogP contribution in [0.25, 0.3) is 0 Å². The van der Waals surface area contributed by atoms with Crippen LogP contribution in [0.3, 0.4) is 0 Å². The standard InChI is InChI=1S/C16H20O6/c1-4-10(17)14-9(8-13(20)22-6-3)7-12(19)15(16(14)21)11(18)5-2/h7,19,21H,4-6,8H2,1-3H3. The van der Waals surface area contributed by atoms with Crippen molar-refractivity contribution in [1.29, 1.82) is 0 Å².